The van der Waals surface area contributed by atoms with Crippen molar-refractivity contribution in [1.82, 2.24) is 4.90 Å². The van der Waals surface area contributed by atoms with Crippen molar-refractivity contribution in [1.29, 1.82) is 5.26 Å². The molecule has 56 valence electrons. The van der Waals surface area contributed by atoms with Gasteiger partial charge >= 0.3 is 0 Å². The second kappa shape index (κ2) is 3.03. The van der Waals surface area contributed by atoms with E-state index in [0.717, 1.165) is 0 Å². The summed E-state index contributed by atoms with van der Waals surface area (Å²) >= 11 is 0. The average Bonchev–Trinajstić information content (AvgIpc) is 2.20. The lowest BCUT2D eigenvalue weighted by atomic mass is 10.1. The zero-order valence-corrected chi connectivity index (χ0v) is 6.67. The summed E-state index contributed by atoms with van der Waals surface area (Å²) in [7, 11) is 2.11. The van der Waals surface area contributed by atoms with Crippen LogP contribution in [0.2, 0.25) is 0 Å². The minimum atomic E-state index is 0.528. The van der Waals surface area contributed by atoms with E-state index in [-0.39, 0.29) is 0 Å². The van der Waals surface area contributed by atoms with Crippen LogP contribution in [0.15, 0.2) is 0 Å². The summed E-state index contributed by atoms with van der Waals surface area (Å²) in [6, 6.07) is 3.43. The minimum Gasteiger partial charge on any atom is -0.300 e. The molecule has 0 aromatic rings. The van der Waals surface area contributed by atoms with Crippen molar-refractivity contribution in [2.75, 3.05) is 7.05 Å². The molecule has 1 fully saturated rings. The molecule has 0 saturated carbocycles. The molecule has 0 amide bonds. The van der Waals surface area contributed by atoms with Gasteiger partial charge in [0.05, 0.1) is 12.5 Å². The molecule has 0 aromatic heterocycles. The summed E-state index contributed by atoms with van der Waals surface area (Å²) in [5.41, 5.74) is 0. The van der Waals surface area contributed by atoms with E-state index in [1.54, 1.807) is 0 Å². The van der Waals surface area contributed by atoms with Gasteiger partial charge in [0.1, 0.15) is 0 Å². The van der Waals surface area contributed by atoms with Crippen molar-refractivity contribution in [3.63, 3.8) is 0 Å². The Labute approximate surface area is 62.4 Å². The SMILES string of the molecule is CC1CCC(CC#N)N1C. The minimum absolute atomic E-state index is 0.528. The van der Waals surface area contributed by atoms with E-state index >= 15 is 0 Å². The van der Waals surface area contributed by atoms with E-state index < -0.39 is 0 Å². The summed E-state index contributed by atoms with van der Waals surface area (Å²) < 4.78 is 0. The number of hydrogen-bond acceptors (Lipinski definition) is 2. The van der Waals surface area contributed by atoms with Crippen molar-refractivity contribution >= 4 is 0 Å². The topological polar surface area (TPSA) is 27.0 Å². The third kappa shape index (κ3) is 1.30. The van der Waals surface area contributed by atoms with E-state index in [2.05, 4.69) is 24.9 Å². The Kier molecular flexibility index (Phi) is 2.29. The van der Waals surface area contributed by atoms with Gasteiger partial charge in [0.15, 0.2) is 0 Å². The average molecular weight is 138 g/mol. The van der Waals surface area contributed by atoms with E-state index in [1.807, 2.05) is 0 Å². The summed E-state index contributed by atoms with van der Waals surface area (Å²) in [6.45, 7) is 2.22. The normalized spacial score (nSPS) is 34.1. The molecule has 0 spiro atoms. The highest BCUT2D eigenvalue weighted by atomic mass is 15.2. The molecule has 0 N–H and O–H groups in total. The van der Waals surface area contributed by atoms with Crippen molar-refractivity contribution in [3.8, 4) is 6.07 Å². The van der Waals surface area contributed by atoms with Gasteiger partial charge in [-0.2, -0.15) is 5.26 Å². The fourth-order valence-electron chi connectivity index (χ4n) is 1.55. The van der Waals surface area contributed by atoms with E-state index in [1.165, 1.54) is 12.8 Å². The van der Waals surface area contributed by atoms with Gasteiger partial charge in [0.2, 0.25) is 0 Å². The van der Waals surface area contributed by atoms with Crippen LogP contribution in [0, 0.1) is 11.3 Å². The Balaban J connectivity index is 2.43. The molecule has 1 rings (SSSR count). The summed E-state index contributed by atoms with van der Waals surface area (Å²) in [4.78, 5) is 2.31. The third-order valence-electron chi connectivity index (χ3n) is 2.52. The van der Waals surface area contributed by atoms with Crippen molar-refractivity contribution < 1.29 is 0 Å². The van der Waals surface area contributed by atoms with Gasteiger partial charge in [-0.1, -0.05) is 0 Å². The van der Waals surface area contributed by atoms with Crippen LogP contribution in [0.5, 0.6) is 0 Å². The second-order valence-electron chi connectivity index (χ2n) is 3.11. The third-order valence-corrected chi connectivity index (χ3v) is 2.52. The predicted octanol–water partition coefficient (Wildman–Crippen LogP) is 1.38. The first kappa shape index (κ1) is 7.56. The van der Waals surface area contributed by atoms with Crippen molar-refractivity contribution in [2.45, 2.75) is 38.3 Å². The van der Waals surface area contributed by atoms with Gasteiger partial charge in [-0.05, 0) is 26.8 Å². The largest absolute Gasteiger partial charge is 0.300 e. The molecule has 0 aromatic carbocycles. The smallest absolute Gasteiger partial charge is 0.0638 e. The molecule has 2 unspecified atom stereocenters. The van der Waals surface area contributed by atoms with Gasteiger partial charge in [-0.25, -0.2) is 0 Å². The molecule has 0 bridgehead atoms. The zero-order chi connectivity index (χ0) is 7.56. The van der Waals surface area contributed by atoms with Crippen LogP contribution in [0.1, 0.15) is 26.2 Å². The quantitative estimate of drug-likeness (QED) is 0.547. The molecule has 2 heteroatoms. The van der Waals surface area contributed by atoms with Crippen LogP contribution in [-0.4, -0.2) is 24.0 Å². The van der Waals surface area contributed by atoms with Crippen LogP contribution < -0.4 is 0 Å². The molecule has 1 aliphatic heterocycles. The molecule has 10 heavy (non-hydrogen) atoms. The Morgan fingerprint density at radius 1 is 1.60 bits per heavy atom. The maximum atomic E-state index is 8.45. The van der Waals surface area contributed by atoms with Crippen molar-refractivity contribution in [3.05, 3.63) is 0 Å². The molecule has 1 heterocycles. The maximum absolute atomic E-state index is 8.45. The number of rotatable bonds is 1. The Morgan fingerprint density at radius 2 is 2.30 bits per heavy atom. The number of likely N-dealkylation sites (tertiary alicyclic amines) is 1. The fourth-order valence-corrected chi connectivity index (χ4v) is 1.55. The molecule has 2 atom stereocenters. The van der Waals surface area contributed by atoms with Crippen LogP contribution in [0.3, 0.4) is 0 Å². The van der Waals surface area contributed by atoms with Crippen LogP contribution >= 0.6 is 0 Å². The Bertz CT molecular complexity index is 148. The van der Waals surface area contributed by atoms with Crippen molar-refractivity contribution in [2.24, 2.45) is 0 Å². The van der Waals surface area contributed by atoms with Crippen LogP contribution in [0.25, 0.3) is 0 Å². The van der Waals surface area contributed by atoms with E-state index in [0.29, 0.717) is 18.5 Å². The van der Waals surface area contributed by atoms with E-state index in [9.17, 15) is 0 Å². The zero-order valence-electron chi connectivity index (χ0n) is 6.67. The number of nitriles is 1. The summed E-state index contributed by atoms with van der Waals surface area (Å²) in [6.07, 6.45) is 3.15. The first-order valence-corrected chi connectivity index (χ1v) is 3.84. The fraction of sp³-hybridized carbons (Fsp3) is 0.875. The highest BCUT2D eigenvalue weighted by Crippen LogP contribution is 2.23. The molecule has 1 aliphatic rings. The van der Waals surface area contributed by atoms with Gasteiger partial charge in [0, 0.05) is 12.1 Å². The molecule has 1 saturated heterocycles. The Morgan fingerprint density at radius 3 is 2.70 bits per heavy atom. The number of nitrogens with zero attached hydrogens (tertiary/aromatic N) is 2. The Hall–Kier alpha value is -0.550. The van der Waals surface area contributed by atoms with Gasteiger partial charge in [-0.15, -0.1) is 0 Å². The molecule has 2 nitrogen and oxygen atoms in total. The standard InChI is InChI=1S/C8H14N2/c1-7-3-4-8(5-6-9)10(7)2/h7-8H,3-5H2,1-2H3. The van der Waals surface area contributed by atoms with Crippen LogP contribution in [-0.2, 0) is 0 Å². The lowest BCUT2D eigenvalue weighted by molar-refractivity contribution is 0.256. The molecule has 0 aliphatic carbocycles. The van der Waals surface area contributed by atoms with E-state index in [4.69, 9.17) is 5.26 Å². The van der Waals surface area contributed by atoms with Gasteiger partial charge in [0.25, 0.3) is 0 Å². The first-order chi connectivity index (χ1) is 4.75. The summed E-state index contributed by atoms with van der Waals surface area (Å²) in [5.74, 6) is 0. The second-order valence-corrected chi connectivity index (χ2v) is 3.11. The lowest BCUT2D eigenvalue weighted by Gasteiger charge is -2.20. The molecular formula is C8H14N2. The van der Waals surface area contributed by atoms with Gasteiger partial charge in [-0.3, -0.25) is 4.90 Å². The lowest BCUT2D eigenvalue weighted by Crippen LogP contribution is -2.29. The van der Waals surface area contributed by atoms with Crippen LogP contribution in [0.4, 0.5) is 0 Å². The highest BCUT2D eigenvalue weighted by molar-refractivity contribution is 4.88. The first-order valence-electron chi connectivity index (χ1n) is 3.84. The molecular weight excluding hydrogens is 124 g/mol. The highest BCUT2D eigenvalue weighted by Gasteiger charge is 2.26. The maximum Gasteiger partial charge on any atom is 0.0638 e. The van der Waals surface area contributed by atoms with Gasteiger partial charge < -0.3 is 0 Å². The monoisotopic (exact) mass is 138 g/mol. The summed E-state index contributed by atoms with van der Waals surface area (Å²) in [5, 5.41) is 8.45. The predicted molar refractivity (Wildman–Crippen MR) is 40.5 cm³/mol. The number of hydrogen-bond donors (Lipinski definition) is 0. The molecule has 0 radical (unpaired) electrons.